The van der Waals surface area contributed by atoms with Crippen LogP contribution in [0.5, 0.6) is 0 Å². The van der Waals surface area contributed by atoms with Gasteiger partial charge in [-0.3, -0.25) is 4.79 Å². The van der Waals surface area contributed by atoms with Crippen LogP contribution in [0.2, 0.25) is 0 Å². The summed E-state index contributed by atoms with van der Waals surface area (Å²) in [6.07, 6.45) is 3.27. The second kappa shape index (κ2) is 9.85. The fourth-order valence-corrected chi connectivity index (χ4v) is 6.99. The molecule has 4 rings (SSSR count). The van der Waals surface area contributed by atoms with Gasteiger partial charge in [0.15, 0.2) is 6.10 Å². The van der Waals surface area contributed by atoms with Crippen molar-refractivity contribution in [3.63, 3.8) is 0 Å². The van der Waals surface area contributed by atoms with Gasteiger partial charge in [-0.15, -0.1) is 0 Å². The van der Waals surface area contributed by atoms with E-state index < -0.39 is 47.8 Å². The normalized spacial score (nSPS) is 40.2. The molecule has 3 N–H and O–H groups in total. The van der Waals surface area contributed by atoms with Gasteiger partial charge in [-0.05, 0) is 70.1 Å². The molecule has 10 heteroatoms. The Labute approximate surface area is 218 Å². The van der Waals surface area contributed by atoms with Gasteiger partial charge in [-0.25, -0.2) is 9.59 Å². The molecule has 2 aliphatic carbocycles. The Hall–Kier alpha value is -2.17. The number of fused-ring (bicyclic) bond motifs is 1. The molecule has 7 atom stereocenters. The number of aliphatic hydroxyl groups is 2. The molecule has 1 amide bonds. The minimum Gasteiger partial charge on any atom is -0.458 e. The molecule has 4 fully saturated rings. The summed E-state index contributed by atoms with van der Waals surface area (Å²) < 4.78 is 21.8. The summed E-state index contributed by atoms with van der Waals surface area (Å²) in [5.41, 5.74) is -1.48. The van der Waals surface area contributed by atoms with E-state index in [1.54, 1.807) is 26.8 Å². The number of alkyl carbamates (subject to hydrolysis) is 1. The van der Waals surface area contributed by atoms with E-state index >= 15 is 0 Å². The average Bonchev–Trinajstić information content (AvgIpc) is 3.50. The first-order chi connectivity index (χ1) is 17.2. The first-order valence-electron chi connectivity index (χ1n) is 13.2. The van der Waals surface area contributed by atoms with Gasteiger partial charge in [0.1, 0.15) is 18.8 Å². The molecule has 2 aliphatic heterocycles. The second-order valence-electron chi connectivity index (χ2n) is 12.5. The Kier molecular flexibility index (Phi) is 7.42. The Morgan fingerprint density at radius 2 is 1.92 bits per heavy atom. The van der Waals surface area contributed by atoms with Gasteiger partial charge >= 0.3 is 18.0 Å². The van der Waals surface area contributed by atoms with Crippen LogP contribution in [0.25, 0.3) is 0 Å². The topological polar surface area (TPSA) is 144 Å². The molecule has 2 saturated carbocycles. The summed E-state index contributed by atoms with van der Waals surface area (Å²) >= 11 is 0. The monoisotopic (exact) mass is 523 g/mol. The van der Waals surface area contributed by atoms with Gasteiger partial charge in [0.05, 0.1) is 30.5 Å². The van der Waals surface area contributed by atoms with Crippen molar-refractivity contribution in [2.24, 2.45) is 22.7 Å². The number of nitrogens with one attached hydrogen (secondary N) is 1. The lowest BCUT2D eigenvalue weighted by Crippen LogP contribution is -2.60. The number of carbonyl (C=O) groups is 3. The molecule has 0 aromatic rings. The number of hydrogen-bond acceptors (Lipinski definition) is 9. The number of amides is 1. The number of esters is 2. The van der Waals surface area contributed by atoms with E-state index in [0.29, 0.717) is 19.4 Å². The zero-order valence-electron chi connectivity index (χ0n) is 22.5. The highest BCUT2D eigenvalue weighted by atomic mass is 16.6. The Bertz CT molecular complexity index is 952. The highest BCUT2D eigenvalue weighted by Crippen LogP contribution is 2.66. The van der Waals surface area contributed by atoms with Crippen LogP contribution in [0.3, 0.4) is 0 Å². The van der Waals surface area contributed by atoms with Gasteiger partial charge in [0.25, 0.3) is 0 Å². The lowest BCUT2D eigenvalue weighted by Gasteiger charge is -2.60. The highest BCUT2D eigenvalue weighted by Gasteiger charge is 2.66. The molecule has 0 aromatic carbocycles. The molecule has 4 aliphatic rings. The summed E-state index contributed by atoms with van der Waals surface area (Å²) in [6.45, 7) is 9.43. The van der Waals surface area contributed by atoms with Crippen molar-refractivity contribution in [1.82, 2.24) is 5.32 Å². The molecule has 10 nitrogen and oxygen atoms in total. The predicted octanol–water partition coefficient (Wildman–Crippen LogP) is 2.25. The maximum Gasteiger partial charge on any atom is 0.408 e. The van der Waals surface area contributed by atoms with Crippen LogP contribution in [-0.2, 0) is 28.5 Å². The molecule has 2 unspecified atom stereocenters. The standard InChI is InChI=1S/C27H41NO9/c1-24(2,3)37-23(33)28-12-21(31)36-17-13-34-22(32)16(17)6-7-19-25(4)10-9-20(30)26(5,14-29)18(25)8-11-27(19)15-35-27/h6,17-20,29-30H,7-15H2,1-5H3,(H,28,33)/b16-6+/t17-,18?,19?,20-,25+,26+,27+/m1/s1. The van der Waals surface area contributed by atoms with E-state index in [9.17, 15) is 24.6 Å². The van der Waals surface area contributed by atoms with Crippen molar-refractivity contribution < 1.29 is 43.5 Å². The van der Waals surface area contributed by atoms with E-state index in [-0.39, 0.29) is 41.6 Å². The van der Waals surface area contributed by atoms with Crippen molar-refractivity contribution in [3.8, 4) is 0 Å². The van der Waals surface area contributed by atoms with Gasteiger partial charge in [-0.2, -0.15) is 0 Å². The SMILES string of the molecule is CC(C)(C)OC(=O)NCC(=O)O[C@@H]1COC(=O)/C1=C/CC1[C@]2(CCC3[C@]1(C)CC[C@@H](O)[C@@]3(C)CO)CO2. The van der Waals surface area contributed by atoms with Crippen LogP contribution in [0.4, 0.5) is 4.79 Å². The van der Waals surface area contributed by atoms with Crippen molar-refractivity contribution in [2.45, 2.75) is 90.1 Å². The smallest absolute Gasteiger partial charge is 0.408 e. The third-order valence-corrected chi connectivity index (χ3v) is 9.02. The van der Waals surface area contributed by atoms with Gasteiger partial charge in [0, 0.05) is 5.41 Å². The average molecular weight is 524 g/mol. The maximum absolute atomic E-state index is 12.5. The third kappa shape index (κ3) is 5.38. The zero-order chi connectivity index (χ0) is 27.2. The van der Waals surface area contributed by atoms with E-state index in [1.165, 1.54) is 0 Å². The van der Waals surface area contributed by atoms with Crippen LogP contribution in [-0.4, -0.2) is 78.0 Å². The number of rotatable bonds is 6. The minimum atomic E-state index is -0.861. The first-order valence-corrected chi connectivity index (χ1v) is 13.2. The summed E-state index contributed by atoms with van der Waals surface area (Å²) in [5.74, 6) is -1.05. The van der Waals surface area contributed by atoms with Crippen LogP contribution in [0.15, 0.2) is 11.6 Å². The number of ether oxygens (including phenoxy) is 4. The molecule has 2 saturated heterocycles. The quantitative estimate of drug-likeness (QED) is 0.207. The lowest BCUT2D eigenvalue weighted by atomic mass is 9.45. The van der Waals surface area contributed by atoms with E-state index in [1.807, 2.05) is 6.92 Å². The van der Waals surface area contributed by atoms with Crippen molar-refractivity contribution >= 4 is 18.0 Å². The minimum absolute atomic E-state index is 0.0724. The molecule has 208 valence electrons. The van der Waals surface area contributed by atoms with E-state index in [4.69, 9.17) is 18.9 Å². The highest BCUT2D eigenvalue weighted by molar-refractivity contribution is 5.92. The largest absolute Gasteiger partial charge is 0.458 e. The number of hydrogen-bond donors (Lipinski definition) is 3. The fraction of sp³-hybridized carbons (Fsp3) is 0.815. The van der Waals surface area contributed by atoms with Crippen molar-refractivity contribution in [2.75, 3.05) is 26.4 Å². The fourth-order valence-electron chi connectivity index (χ4n) is 6.99. The molecular weight excluding hydrogens is 482 g/mol. The van der Waals surface area contributed by atoms with Crippen LogP contribution >= 0.6 is 0 Å². The molecule has 37 heavy (non-hydrogen) atoms. The summed E-state index contributed by atoms with van der Waals surface area (Å²) in [6, 6.07) is 0. The number of carbonyl (C=O) groups excluding carboxylic acids is 3. The Morgan fingerprint density at radius 3 is 2.54 bits per heavy atom. The predicted molar refractivity (Wildman–Crippen MR) is 131 cm³/mol. The van der Waals surface area contributed by atoms with Crippen LogP contribution in [0.1, 0.15) is 66.7 Å². The first kappa shape index (κ1) is 27.9. The van der Waals surface area contributed by atoms with Crippen LogP contribution in [0, 0.1) is 22.7 Å². The third-order valence-electron chi connectivity index (χ3n) is 9.02. The van der Waals surface area contributed by atoms with Gasteiger partial charge in [-0.1, -0.05) is 19.9 Å². The molecular formula is C27H41NO9. The number of allylic oxidation sites excluding steroid dienone is 1. The second-order valence-corrected chi connectivity index (χ2v) is 12.5. The Morgan fingerprint density at radius 1 is 1.22 bits per heavy atom. The maximum atomic E-state index is 12.5. The molecule has 0 radical (unpaired) electrons. The number of epoxide rings is 1. The lowest BCUT2D eigenvalue weighted by molar-refractivity contribution is -0.175. The van der Waals surface area contributed by atoms with Crippen molar-refractivity contribution in [1.29, 1.82) is 0 Å². The summed E-state index contributed by atoms with van der Waals surface area (Å²) in [7, 11) is 0. The van der Waals surface area contributed by atoms with Crippen LogP contribution < -0.4 is 5.32 Å². The molecule has 0 bridgehead atoms. The zero-order valence-corrected chi connectivity index (χ0v) is 22.5. The number of aliphatic hydroxyl groups excluding tert-OH is 2. The van der Waals surface area contributed by atoms with Gasteiger partial charge < -0.3 is 34.5 Å². The summed E-state index contributed by atoms with van der Waals surface area (Å²) in [4.78, 5) is 36.7. The van der Waals surface area contributed by atoms with E-state index in [2.05, 4.69) is 12.2 Å². The molecule has 2 heterocycles. The molecule has 0 aromatic heterocycles. The summed E-state index contributed by atoms with van der Waals surface area (Å²) in [5, 5.41) is 23.4. The van der Waals surface area contributed by atoms with Gasteiger partial charge in [0.2, 0.25) is 0 Å². The number of cyclic esters (lactones) is 1. The van der Waals surface area contributed by atoms with Crippen molar-refractivity contribution in [3.05, 3.63) is 11.6 Å². The Balaban J connectivity index is 1.45. The van der Waals surface area contributed by atoms with E-state index in [0.717, 1.165) is 19.3 Å². The molecule has 1 spiro atoms.